The van der Waals surface area contributed by atoms with Crippen molar-refractivity contribution in [1.82, 2.24) is 5.32 Å². The van der Waals surface area contributed by atoms with Gasteiger partial charge in [-0.2, -0.15) is 0 Å². The highest BCUT2D eigenvalue weighted by molar-refractivity contribution is 7.99. The van der Waals surface area contributed by atoms with Gasteiger partial charge >= 0.3 is 0 Å². The Labute approximate surface area is 113 Å². The van der Waals surface area contributed by atoms with E-state index in [1.54, 1.807) is 0 Å². The lowest BCUT2D eigenvalue weighted by Gasteiger charge is -2.35. The maximum atomic E-state index is 5.60. The highest BCUT2D eigenvalue weighted by atomic mass is 32.2. The second kappa shape index (κ2) is 5.24. The molecule has 1 aromatic carbocycles. The third-order valence-electron chi connectivity index (χ3n) is 4.01. The Kier molecular flexibility index (Phi) is 3.64. The minimum Gasteiger partial charge on any atom is -0.380 e. The molecule has 0 radical (unpaired) electrons. The van der Waals surface area contributed by atoms with Gasteiger partial charge in [0, 0.05) is 35.3 Å². The molecule has 2 atom stereocenters. The van der Waals surface area contributed by atoms with E-state index in [0.717, 1.165) is 19.8 Å². The predicted molar refractivity (Wildman–Crippen MR) is 76.4 cm³/mol. The lowest BCUT2D eigenvalue weighted by molar-refractivity contribution is 0.0283. The number of rotatable bonds is 3. The van der Waals surface area contributed by atoms with Crippen LogP contribution < -0.4 is 5.32 Å². The van der Waals surface area contributed by atoms with Crippen LogP contribution in [0.1, 0.15) is 31.2 Å². The lowest BCUT2D eigenvalue weighted by Crippen LogP contribution is -2.50. The molecule has 3 rings (SSSR count). The van der Waals surface area contributed by atoms with E-state index in [1.807, 2.05) is 11.8 Å². The average Bonchev–Trinajstić information content (AvgIpc) is 2.81. The smallest absolute Gasteiger partial charge is 0.0645 e. The van der Waals surface area contributed by atoms with Crippen LogP contribution in [-0.2, 0) is 4.74 Å². The van der Waals surface area contributed by atoms with E-state index in [9.17, 15) is 0 Å². The van der Waals surface area contributed by atoms with Crippen molar-refractivity contribution < 1.29 is 4.74 Å². The Morgan fingerprint density at radius 2 is 2.33 bits per heavy atom. The van der Waals surface area contributed by atoms with E-state index in [2.05, 4.69) is 36.5 Å². The minimum absolute atomic E-state index is 0.181. The van der Waals surface area contributed by atoms with Gasteiger partial charge < -0.3 is 10.1 Å². The van der Waals surface area contributed by atoms with Crippen LogP contribution in [0.25, 0.3) is 0 Å². The summed E-state index contributed by atoms with van der Waals surface area (Å²) in [6, 6.07) is 8.81. The highest BCUT2D eigenvalue weighted by Gasteiger charge is 2.30. The number of fused-ring (bicyclic) bond motifs is 1. The van der Waals surface area contributed by atoms with Crippen molar-refractivity contribution in [1.29, 1.82) is 0 Å². The first-order valence-electron chi connectivity index (χ1n) is 6.81. The molecule has 1 fully saturated rings. The standard InChI is InChI=1S/C15H21NOS/c1-15(7-4-8-17-11-15)16-9-12-10-18-14-6-3-2-5-13(12)14/h2-3,5-6,12,16H,4,7-11H2,1H3. The molecule has 1 saturated heterocycles. The minimum atomic E-state index is 0.181. The highest BCUT2D eigenvalue weighted by Crippen LogP contribution is 2.39. The summed E-state index contributed by atoms with van der Waals surface area (Å²) in [5, 5.41) is 3.74. The van der Waals surface area contributed by atoms with Gasteiger partial charge in [0.1, 0.15) is 0 Å². The number of benzene rings is 1. The van der Waals surface area contributed by atoms with Crippen LogP contribution in [-0.4, -0.2) is 31.1 Å². The van der Waals surface area contributed by atoms with E-state index in [4.69, 9.17) is 4.74 Å². The Morgan fingerprint density at radius 3 is 3.17 bits per heavy atom. The van der Waals surface area contributed by atoms with E-state index >= 15 is 0 Å². The Bertz CT molecular complexity index is 415. The monoisotopic (exact) mass is 263 g/mol. The maximum absolute atomic E-state index is 5.60. The Hall–Kier alpha value is -0.510. The van der Waals surface area contributed by atoms with Crippen LogP contribution >= 0.6 is 11.8 Å². The summed E-state index contributed by atoms with van der Waals surface area (Å²) in [6.07, 6.45) is 2.41. The quantitative estimate of drug-likeness (QED) is 0.905. The predicted octanol–water partition coefficient (Wildman–Crippen LogP) is 3.03. The molecule has 1 aromatic rings. The largest absolute Gasteiger partial charge is 0.380 e. The fraction of sp³-hybridized carbons (Fsp3) is 0.600. The summed E-state index contributed by atoms with van der Waals surface area (Å²) in [4.78, 5) is 1.47. The summed E-state index contributed by atoms with van der Waals surface area (Å²) in [7, 11) is 0. The third kappa shape index (κ3) is 2.58. The second-order valence-electron chi connectivity index (χ2n) is 5.64. The molecule has 3 heteroatoms. The summed E-state index contributed by atoms with van der Waals surface area (Å²) in [6.45, 7) is 5.15. The molecular weight excluding hydrogens is 242 g/mol. The molecule has 98 valence electrons. The van der Waals surface area contributed by atoms with Crippen molar-refractivity contribution in [2.24, 2.45) is 0 Å². The van der Waals surface area contributed by atoms with Crippen molar-refractivity contribution in [2.45, 2.75) is 36.1 Å². The molecule has 0 aromatic heterocycles. The van der Waals surface area contributed by atoms with Gasteiger partial charge in [-0.05, 0) is 31.4 Å². The van der Waals surface area contributed by atoms with Crippen LogP contribution in [0.3, 0.4) is 0 Å². The third-order valence-corrected chi connectivity index (χ3v) is 5.26. The number of nitrogens with one attached hydrogen (secondary N) is 1. The fourth-order valence-electron chi connectivity index (χ4n) is 2.84. The van der Waals surface area contributed by atoms with Gasteiger partial charge in [0.15, 0.2) is 0 Å². The normalized spacial score (nSPS) is 31.3. The Balaban J connectivity index is 1.61. The van der Waals surface area contributed by atoms with E-state index in [-0.39, 0.29) is 5.54 Å². The second-order valence-corrected chi connectivity index (χ2v) is 6.71. The summed E-state index contributed by atoms with van der Waals surface area (Å²) in [5.41, 5.74) is 1.70. The number of thioether (sulfide) groups is 1. The van der Waals surface area contributed by atoms with Crippen LogP contribution in [0.5, 0.6) is 0 Å². The first kappa shape index (κ1) is 12.5. The van der Waals surface area contributed by atoms with Gasteiger partial charge in [-0.3, -0.25) is 0 Å². The SMILES string of the molecule is CC1(NCC2CSc3ccccc32)CCCOC1. The van der Waals surface area contributed by atoms with Crippen molar-refractivity contribution >= 4 is 11.8 Å². The van der Waals surface area contributed by atoms with Crippen LogP contribution in [0.15, 0.2) is 29.2 Å². The molecule has 0 aliphatic carbocycles. The molecule has 2 aliphatic rings. The molecule has 1 N–H and O–H groups in total. The topological polar surface area (TPSA) is 21.3 Å². The molecule has 2 unspecified atom stereocenters. The number of hydrogen-bond acceptors (Lipinski definition) is 3. The molecular formula is C15H21NOS. The number of ether oxygens (including phenoxy) is 1. The van der Waals surface area contributed by atoms with E-state index in [0.29, 0.717) is 5.92 Å². The van der Waals surface area contributed by atoms with Gasteiger partial charge in [0.05, 0.1) is 6.61 Å². The zero-order valence-electron chi connectivity index (χ0n) is 10.9. The fourth-order valence-corrected chi connectivity index (χ4v) is 4.10. The number of hydrogen-bond donors (Lipinski definition) is 1. The van der Waals surface area contributed by atoms with Crippen molar-refractivity contribution in [3.05, 3.63) is 29.8 Å². The Morgan fingerprint density at radius 1 is 1.44 bits per heavy atom. The molecule has 0 bridgehead atoms. The molecule has 0 amide bonds. The van der Waals surface area contributed by atoms with Crippen molar-refractivity contribution in [3.63, 3.8) is 0 Å². The van der Waals surface area contributed by atoms with Gasteiger partial charge in [-0.25, -0.2) is 0 Å². The van der Waals surface area contributed by atoms with E-state index < -0.39 is 0 Å². The van der Waals surface area contributed by atoms with Gasteiger partial charge in [-0.1, -0.05) is 18.2 Å². The molecule has 0 spiro atoms. The molecule has 2 nitrogen and oxygen atoms in total. The lowest BCUT2D eigenvalue weighted by atomic mass is 9.93. The van der Waals surface area contributed by atoms with Crippen molar-refractivity contribution in [2.75, 3.05) is 25.5 Å². The van der Waals surface area contributed by atoms with Gasteiger partial charge in [0.25, 0.3) is 0 Å². The molecule has 2 heterocycles. The van der Waals surface area contributed by atoms with Gasteiger partial charge in [0.2, 0.25) is 0 Å². The molecule has 0 saturated carbocycles. The maximum Gasteiger partial charge on any atom is 0.0645 e. The van der Waals surface area contributed by atoms with Crippen LogP contribution in [0.2, 0.25) is 0 Å². The van der Waals surface area contributed by atoms with Crippen molar-refractivity contribution in [3.8, 4) is 0 Å². The summed E-state index contributed by atoms with van der Waals surface area (Å²) in [5.74, 6) is 1.87. The first-order chi connectivity index (χ1) is 8.77. The van der Waals surface area contributed by atoms with Gasteiger partial charge in [-0.15, -0.1) is 11.8 Å². The summed E-state index contributed by atoms with van der Waals surface area (Å²) >= 11 is 1.99. The molecule has 18 heavy (non-hydrogen) atoms. The zero-order valence-corrected chi connectivity index (χ0v) is 11.8. The van der Waals surface area contributed by atoms with Crippen LogP contribution in [0, 0.1) is 0 Å². The summed E-state index contributed by atoms with van der Waals surface area (Å²) < 4.78 is 5.60. The van der Waals surface area contributed by atoms with E-state index in [1.165, 1.54) is 29.1 Å². The van der Waals surface area contributed by atoms with Crippen LogP contribution in [0.4, 0.5) is 0 Å². The first-order valence-corrected chi connectivity index (χ1v) is 7.80. The molecule has 2 aliphatic heterocycles. The zero-order chi connectivity index (χ0) is 12.4. The average molecular weight is 263 g/mol.